The van der Waals surface area contributed by atoms with Crippen molar-refractivity contribution in [1.82, 2.24) is 0 Å². The number of phenols is 1. The molecule has 0 saturated heterocycles. The summed E-state index contributed by atoms with van der Waals surface area (Å²) in [4.78, 5) is 11.4. The molecule has 2 heterocycles. The number of fused-ring (bicyclic) bond motifs is 2. The van der Waals surface area contributed by atoms with Gasteiger partial charge in [0, 0.05) is 6.07 Å². The zero-order chi connectivity index (χ0) is 16.8. The molecular formula is C16H16O7. The molecule has 7 heteroatoms. The molecule has 0 fully saturated rings. The topological polar surface area (TPSA) is 113 Å². The lowest BCUT2D eigenvalue weighted by molar-refractivity contribution is -0.0658. The molecule has 2 aromatic heterocycles. The number of ether oxygens (including phenoxy) is 1. The van der Waals surface area contributed by atoms with Gasteiger partial charge in [-0.2, -0.15) is 0 Å². The Morgan fingerprint density at radius 2 is 1.91 bits per heavy atom. The third-order valence-electron chi connectivity index (χ3n) is 3.62. The average Bonchev–Trinajstić information content (AvgIpc) is 2.96. The number of hydrogen-bond donors (Lipinski definition) is 3. The van der Waals surface area contributed by atoms with Crippen LogP contribution in [0.5, 0.6) is 11.5 Å². The second-order valence-corrected chi connectivity index (χ2v) is 5.82. The number of rotatable bonds is 4. The van der Waals surface area contributed by atoms with E-state index in [1.54, 1.807) is 6.07 Å². The van der Waals surface area contributed by atoms with Crippen LogP contribution in [0.25, 0.3) is 21.9 Å². The zero-order valence-electron chi connectivity index (χ0n) is 12.6. The van der Waals surface area contributed by atoms with Gasteiger partial charge in [-0.15, -0.1) is 0 Å². The standard InChI is InChI=1S/C16H16O7/c1-16(2,20)10(17)7-22-13-8-3-4-11(18)23-15(8)12(19)14-9(13)5-6-21-14/h3-6,10,17,19-20H,7H2,1-2H3/t10-/m1/s1. The van der Waals surface area contributed by atoms with Gasteiger partial charge in [-0.05, 0) is 26.0 Å². The van der Waals surface area contributed by atoms with E-state index in [9.17, 15) is 20.1 Å². The van der Waals surface area contributed by atoms with Crippen LogP contribution in [0, 0.1) is 0 Å². The first kappa shape index (κ1) is 15.4. The Hall–Kier alpha value is -2.51. The average molecular weight is 320 g/mol. The van der Waals surface area contributed by atoms with Crippen LogP contribution in [-0.4, -0.2) is 33.6 Å². The SMILES string of the molecule is CC(C)(O)[C@H](O)COc1c2ccoc2c(O)c2oc(=O)ccc12. The fourth-order valence-corrected chi connectivity index (χ4v) is 2.21. The van der Waals surface area contributed by atoms with E-state index in [0.717, 1.165) is 0 Å². The molecule has 7 nitrogen and oxygen atoms in total. The maximum absolute atomic E-state index is 11.4. The van der Waals surface area contributed by atoms with E-state index in [1.165, 1.54) is 32.2 Å². The Morgan fingerprint density at radius 1 is 1.22 bits per heavy atom. The molecule has 23 heavy (non-hydrogen) atoms. The van der Waals surface area contributed by atoms with Gasteiger partial charge in [0.2, 0.25) is 5.75 Å². The maximum atomic E-state index is 11.4. The molecule has 3 N–H and O–H groups in total. The lowest BCUT2D eigenvalue weighted by Gasteiger charge is -2.24. The molecule has 0 spiro atoms. The van der Waals surface area contributed by atoms with E-state index in [1.807, 2.05) is 0 Å². The van der Waals surface area contributed by atoms with Gasteiger partial charge in [0.15, 0.2) is 11.2 Å². The molecule has 0 bridgehead atoms. The Kier molecular flexibility index (Phi) is 3.54. The number of furan rings is 1. The van der Waals surface area contributed by atoms with Gasteiger partial charge in [0.25, 0.3) is 0 Å². The van der Waals surface area contributed by atoms with Gasteiger partial charge in [0.1, 0.15) is 18.5 Å². The Labute approximate surface area is 130 Å². The summed E-state index contributed by atoms with van der Waals surface area (Å²) in [6, 6.07) is 4.25. The van der Waals surface area contributed by atoms with Crippen molar-refractivity contribution in [3.05, 3.63) is 34.9 Å². The molecule has 0 saturated carbocycles. The van der Waals surface area contributed by atoms with Crippen LogP contribution < -0.4 is 10.4 Å². The van der Waals surface area contributed by atoms with E-state index < -0.39 is 17.3 Å². The third kappa shape index (κ3) is 2.64. The van der Waals surface area contributed by atoms with Gasteiger partial charge in [0.05, 0.1) is 22.6 Å². The van der Waals surface area contributed by atoms with Crippen LogP contribution in [0.4, 0.5) is 0 Å². The highest BCUT2D eigenvalue weighted by atomic mass is 16.5. The number of aliphatic hydroxyl groups is 2. The molecule has 1 atom stereocenters. The van der Waals surface area contributed by atoms with E-state index >= 15 is 0 Å². The number of hydrogen-bond acceptors (Lipinski definition) is 7. The summed E-state index contributed by atoms with van der Waals surface area (Å²) < 4.78 is 15.9. The molecular weight excluding hydrogens is 304 g/mol. The fourth-order valence-electron chi connectivity index (χ4n) is 2.21. The normalized spacial score (nSPS) is 13.6. The van der Waals surface area contributed by atoms with Crippen molar-refractivity contribution in [1.29, 1.82) is 0 Å². The van der Waals surface area contributed by atoms with E-state index in [2.05, 4.69) is 0 Å². The van der Waals surface area contributed by atoms with Crippen LogP contribution in [0.3, 0.4) is 0 Å². The van der Waals surface area contributed by atoms with Gasteiger partial charge in [-0.1, -0.05) is 0 Å². The summed E-state index contributed by atoms with van der Waals surface area (Å²) in [5.74, 6) is -0.0123. The van der Waals surface area contributed by atoms with Gasteiger partial charge >= 0.3 is 5.63 Å². The minimum Gasteiger partial charge on any atom is -0.502 e. The highest BCUT2D eigenvalue weighted by Gasteiger charge is 2.26. The summed E-state index contributed by atoms with van der Waals surface area (Å²) in [5, 5.41) is 30.7. The summed E-state index contributed by atoms with van der Waals surface area (Å²) in [5.41, 5.74) is -1.91. The molecule has 0 amide bonds. The maximum Gasteiger partial charge on any atom is 0.336 e. The third-order valence-corrected chi connectivity index (χ3v) is 3.62. The number of benzene rings is 1. The molecule has 0 radical (unpaired) electrons. The molecule has 1 aromatic carbocycles. The van der Waals surface area contributed by atoms with Crippen LogP contribution in [0.2, 0.25) is 0 Å². The quantitative estimate of drug-likeness (QED) is 0.628. The predicted octanol–water partition coefficient (Wildman–Crippen LogP) is 1.76. The van der Waals surface area contributed by atoms with Gasteiger partial charge < -0.3 is 28.9 Å². The van der Waals surface area contributed by atoms with Crippen molar-refractivity contribution in [3.8, 4) is 11.5 Å². The van der Waals surface area contributed by atoms with Gasteiger partial charge in [-0.3, -0.25) is 0 Å². The van der Waals surface area contributed by atoms with Crippen molar-refractivity contribution in [2.75, 3.05) is 6.61 Å². The summed E-state index contributed by atoms with van der Waals surface area (Å²) in [6.07, 6.45) is 0.227. The number of aromatic hydroxyl groups is 1. The summed E-state index contributed by atoms with van der Waals surface area (Å²) in [6.45, 7) is 2.73. The predicted molar refractivity (Wildman–Crippen MR) is 81.7 cm³/mol. The van der Waals surface area contributed by atoms with Crippen molar-refractivity contribution in [2.45, 2.75) is 25.6 Å². The lowest BCUT2D eigenvalue weighted by Crippen LogP contribution is -2.40. The van der Waals surface area contributed by atoms with E-state index in [0.29, 0.717) is 10.8 Å². The first-order valence-electron chi connectivity index (χ1n) is 6.98. The largest absolute Gasteiger partial charge is 0.502 e. The van der Waals surface area contributed by atoms with Gasteiger partial charge in [-0.25, -0.2) is 4.79 Å². The van der Waals surface area contributed by atoms with Crippen LogP contribution >= 0.6 is 0 Å². The van der Waals surface area contributed by atoms with Crippen molar-refractivity contribution in [2.24, 2.45) is 0 Å². The molecule has 3 aromatic rings. The van der Waals surface area contributed by atoms with E-state index in [4.69, 9.17) is 13.6 Å². The smallest absolute Gasteiger partial charge is 0.336 e. The van der Waals surface area contributed by atoms with Crippen LogP contribution in [0.1, 0.15) is 13.8 Å². The first-order chi connectivity index (χ1) is 10.8. The molecule has 122 valence electrons. The van der Waals surface area contributed by atoms with Crippen molar-refractivity contribution >= 4 is 21.9 Å². The highest BCUT2D eigenvalue weighted by molar-refractivity contribution is 6.06. The first-order valence-corrected chi connectivity index (χ1v) is 6.98. The Morgan fingerprint density at radius 3 is 2.61 bits per heavy atom. The molecule has 0 unspecified atom stereocenters. The number of aliphatic hydroxyl groups excluding tert-OH is 1. The summed E-state index contributed by atoms with van der Waals surface area (Å²) in [7, 11) is 0. The van der Waals surface area contributed by atoms with Crippen LogP contribution in [0.15, 0.2) is 38.1 Å². The lowest BCUT2D eigenvalue weighted by atomic mass is 10.0. The zero-order valence-corrected chi connectivity index (χ0v) is 12.6. The molecule has 3 rings (SSSR count). The minimum absolute atomic E-state index is 0.0623. The fraction of sp³-hybridized carbons (Fsp3) is 0.312. The Balaban J connectivity index is 2.15. The second kappa shape index (κ2) is 5.29. The molecule has 0 aliphatic rings. The monoisotopic (exact) mass is 320 g/mol. The van der Waals surface area contributed by atoms with Crippen molar-refractivity contribution in [3.63, 3.8) is 0 Å². The van der Waals surface area contributed by atoms with Crippen LogP contribution in [-0.2, 0) is 0 Å². The number of phenolic OH excluding ortho intramolecular Hbond substituents is 1. The molecule has 0 aliphatic heterocycles. The summed E-state index contributed by atoms with van der Waals surface area (Å²) >= 11 is 0. The van der Waals surface area contributed by atoms with E-state index in [-0.39, 0.29) is 29.3 Å². The molecule has 0 aliphatic carbocycles. The minimum atomic E-state index is -1.34. The second-order valence-electron chi connectivity index (χ2n) is 5.82. The van der Waals surface area contributed by atoms with Crippen molar-refractivity contribution < 1.29 is 28.9 Å². The Bertz CT molecular complexity index is 914. The highest BCUT2D eigenvalue weighted by Crippen LogP contribution is 2.42.